The Bertz CT molecular complexity index is 208. The molecule has 1 amide bonds. The van der Waals surface area contributed by atoms with E-state index in [-0.39, 0.29) is 18.6 Å². The molecule has 0 rings (SSSR count). The maximum Gasteiger partial charge on any atom is 0.236 e. The Morgan fingerprint density at radius 1 is 1.24 bits per heavy atom. The van der Waals surface area contributed by atoms with Gasteiger partial charge in [-0.25, -0.2) is 0 Å². The van der Waals surface area contributed by atoms with Crippen LogP contribution in [-0.2, 0) is 4.79 Å². The Kier molecular flexibility index (Phi) is 9.09. The summed E-state index contributed by atoms with van der Waals surface area (Å²) in [6, 6.07) is -0.141. The van der Waals surface area contributed by atoms with E-state index in [9.17, 15) is 4.79 Å². The minimum atomic E-state index is -0.141. The van der Waals surface area contributed by atoms with Gasteiger partial charge >= 0.3 is 0 Å². The molecule has 0 saturated heterocycles. The molecule has 17 heavy (non-hydrogen) atoms. The van der Waals surface area contributed by atoms with Gasteiger partial charge in [0.05, 0.1) is 6.04 Å². The number of hydrogen-bond acceptors (Lipinski definition) is 3. The monoisotopic (exact) mass is 244 g/mol. The van der Waals surface area contributed by atoms with Crippen LogP contribution in [0.2, 0.25) is 0 Å². The second kappa shape index (κ2) is 9.42. The molecule has 4 nitrogen and oxygen atoms in total. The zero-order chi connectivity index (χ0) is 13.3. The molecule has 0 aromatic rings. The second-order valence-corrected chi connectivity index (χ2v) is 5.24. The summed E-state index contributed by atoms with van der Waals surface area (Å²) in [6.45, 7) is 9.85. The number of amides is 1. The number of nitrogens with one attached hydrogen (secondary N) is 2. The number of rotatable bonds is 9. The van der Waals surface area contributed by atoms with E-state index in [1.165, 1.54) is 0 Å². The first-order valence-electron chi connectivity index (χ1n) is 6.59. The maximum absolute atomic E-state index is 11.6. The maximum atomic E-state index is 11.6. The van der Waals surface area contributed by atoms with Crippen molar-refractivity contribution in [1.82, 2.24) is 10.6 Å². The fourth-order valence-electron chi connectivity index (χ4n) is 1.41. The first-order valence-corrected chi connectivity index (χ1v) is 6.59. The van der Waals surface area contributed by atoms with Gasteiger partial charge in [0.15, 0.2) is 0 Å². The van der Waals surface area contributed by atoms with Crippen molar-refractivity contribution in [2.75, 3.05) is 19.7 Å². The average Bonchev–Trinajstić information content (AvgIpc) is 2.30. The lowest BCUT2D eigenvalue weighted by atomic mass is 10.1. The molecule has 2 unspecified atom stereocenters. The van der Waals surface area contributed by atoms with Crippen LogP contribution in [0.4, 0.5) is 0 Å². The van der Waals surface area contributed by atoms with E-state index >= 15 is 0 Å². The molecule has 0 aliphatic heterocycles. The van der Waals surface area contributed by atoms with Crippen molar-refractivity contribution in [1.29, 1.82) is 0 Å². The zero-order valence-corrected chi connectivity index (χ0v) is 11.6. The summed E-state index contributed by atoms with van der Waals surface area (Å²) in [4.78, 5) is 11.6. The van der Waals surface area contributed by atoms with E-state index in [1.54, 1.807) is 0 Å². The van der Waals surface area contributed by atoms with Crippen LogP contribution in [0.15, 0.2) is 0 Å². The molecule has 2 atom stereocenters. The lowest BCUT2D eigenvalue weighted by molar-refractivity contribution is -0.122. The molecule has 0 fully saturated rings. The molecule has 0 radical (unpaired) electrons. The normalized spacial score (nSPS) is 14.7. The number of hydrogen-bond donors (Lipinski definition) is 3. The van der Waals surface area contributed by atoms with Gasteiger partial charge in [0.2, 0.25) is 5.91 Å². The first kappa shape index (κ1) is 16.4. The SMILES string of the molecule is CC(C)CNC(=O)C(C)NCCCC(C)CO. The topological polar surface area (TPSA) is 61.4 Å². The van der Waals surface area contributed by atoms with Crippen LogP contribution in [0, 0.1) is 11.8 Å². The number of aliphatic hydroxyl groups excluding tert-OH is 1. The third-order valence-corrected chi connectivity index (χ3v) is 2.71. The summed E-state index contributed by atoms with van der Waals surface area (Å²) in [7, 11) is 0. The molecule has 0 spiro atoms. The Hall–Kier alpha value is -0.610. The lowest BCUT2D eigenvalue weighted by Gasteiger charge is -2.15. The van der Waals surface area contributed by atoms with Crippen molar-refractivity contribution in [2.24, 2.45) is 11.8 Å². The van der Waals surface area contributed by atoms with Crippen LogP contribution in [-0.4, -0.2) is 36.8 Å². The van der Waals surface area contributed by atoms with Gasteiger partial charge < -0.3 is 15.7 Å². The van der Waals surface area contributed by atoms with Crippen LogP contribution < -0.4 is 10.6 Å². The van der Waals surface area contributed by atoms with Crippen LogP contribution >= 0.6 is 0 Å². The van der Waals surface area contributed by atoms with Gasteiger partial charge in [0, 0.05) is 13.2 Å². The molecule has 3 N–H and O–H groups in total. The largest absolute Gasteiger partial charge is 0.396 e. The number of carbonyl (C=O) groups excluding carboxylic acids is 1. The summed E-state index contributed by atoms with van der Waals surface area (Å²) < 4.78 is 0. The lowest BCUT2D eigenvalue weighted by Crippen LogP contribution is -2.43. The molecule has 0 bridgehead atoms. The molecule has 0 aliphatic carbocycles. The summed E-state index contributed by atoms with van der Waals surface area (Å²) in [6.07, 6.45) is 1.98. The highest BCUT2D eigenvalue weighted by Crippen LogP contribution is 2.02. The van der Waals surface area contributed by atoms with Gasteiger partial charge in [-0.05, 0) is 38.1 Å². The Morgan fingerprint density at radius 2 is 1.88 bits per heavy atom. The Morgan fingerprint density at radius 3 is 2.41 bits per heavy atom. The molecule has 0 heterocycles. The predicted molar refractivity (Wildman–Crippen MR) is 70.8 cm³/mol. The van der Waals surface area contributed by atoms with Crippen molar-refractivity contribution in [3.8, 4) is 0 Å². The highest BCUT2D eigenvalue weighted by molar-refractivity contribution is 5.81. The van der Waals surface area contributed by atoms with Crippen molar-refractivity contribution in [2.45, 2.75) is 46.6 Å². The molecule has 0 aromatic carbocycles. The Labute approximate surface area is 105 Å². The van der Waals surface area contributed by atoms with Crippen molar-refractivity contribution < 1.29 is 9.90 Å². The molecular formula is C13H28N2O2. The third kappa shape index (κ3) is 9.12. The van der Waals surface area contributed by atoms with Crippen LogP contribution in [0.1, 0.15) is 40.5 Å². The highest BCUT2D eigenvalue weighted by Gasteiger charge is 2.11. The van der Waals surface area contributed by atoms with E-state index < -0.39 is 0 Å². The first-order chi connectivity index (χ1) is 7.97. The quantitative estimate of drug-likeness (QED) is 0.533. The van der Waals surface area contributed by atoms with Gasteiger partial charge in [0.1, 0.15) is 0 Å². The van der Waals surface area contributed by atoms with Crippen LogP contribution in [0.3, 0.4) is 0 Å². The van der Waals surface area contributed by atoms with Crippen LogP contribution in [0.5, 0.6) is 0 Å². The summed E-state index contributed by atoms with van der Waals surface area (Å²) in [5.74, 6) is 0.896. The fraction of sp³-hybridized carbons (Fsp3) is 0.923. The molecule has 4 heteroatoms. The molecule has 0 saturated carbocycles. The van der Waals surface area contributed by atoms with Crippen molar-refractivity contribution in [3.05, 3.63) is 0 Å². The molecule has 0 aliphatic rings. The standard InChI is InChI=1S/C13H28N2O2/c1-10(2)8-15-13(17)12(4)14-7-5-6-11(3)9-16/h10-12,14,16H,5-9H2,1-4H3,(H,15,17). The van der Waals surface area contributed by atoms with Gasteiger partial charge in [-0.2, -0.15) is 0 Å². The van der Waals surface area contributed by atoms with E-state index in [0.29, 0.717) is 11.8 Å². The molecule has 102 valence electrons. The van der Waals surface area contributed by atoms with Gasteiger partial charge in [-0.3, -0.25) is 4.79 Å². The summed E-state index contributed by atoms with van der Waals surface area (Å²) in [5.41, 5.74) is 0. The van der Waals surface area contributed by atoms with Gasteiger partial charge in [0.25, 0.3) is 0 Å². The average molecular weight is 244 g/mol. The fourth-order valence-corrected chi connectivity index (χ4v) is 1.41. The molecule has 0 aromatic heterocycles. The third-order valence-electron chi connectivity index (χ3n) is 2.71. The second-order valence-electron chi connectivity index (χ2n) is 5.24. The number of carbonyl (C=O) groups is 1. The van der Waals surface area contributed by atoms with Crippen molar-refractivity contribution in [3.63, 3.8) is 0 Å². The van der Waals surface area contributed by atoms with E-state index in [0.717, 1.165) is 25.9 Å². The van der Waals surface area contributed by atoms with E-state index in [4.69, 9.17) is 5.11 Å². The van der Waals surface area contributed by atoms with Gasteiger partial charge in [-0.1, -0.05) is 20.8 Å². The summed E-state index contributed by atoms with van der Waals surface area (Å²) in [5, 5.41) is 15.0. The Balaban J connectivity index is 3.57. The van der Waals surface area contributed by atoms with Gasteiger partial charge in [-0.15, -0.1) is 0 Å². The van der Waals surface area contributed by atoms with E-state index in [2.05, 4.69) is 24.5 Å². The minimum Gasteiger partial charge on any atom is -0.396 e. The highest BCUT2D eigenvalue weighted by atomic mass is 16.3. The predicted octanol–water partition coefficient (Wildman–Crippen LogP) is 1.15. The number of aliphatic hydroxyl groups is 1. The zero-order valence-electron chi connectivity index (χ0n) is 11.6. The summed E-state index contributed by atoms with van der Waals surface area (Å²) >= 11 is 0. The smallest absolute Gasteiger partial charge is 0.236 e. The van der Waals surface area contributed by atoms with Crippen LogP contribution in [0.25, 0.3) is 0 Å². The molecular weight excluding hydrogens is 216 g/mol. The van der Waals surface area contributed by atoms with E-state index in [1.807, 2.05) is 13.8 Å². The van der Waals surface area contributed by atoms with Crippen molar-refractivity contribution >= 4 is 5.91 Å². The minimum absolute atomic E-state index is 0.0638.